The number of oxazole rings is 1. The highest BCUT2D eigenvalue weighted by Gasteiger charge is 2.10. The zero-order valence-electron chi connectivity index (χ0n) is 11.0. The van der Waals surface area contributed by atoms with Crippen molar-refractivity contribution in [3.8, 4) is 0 Å². The van der Waals surface area contributed by atoms with E-state index in [0.717, 1.165) is 11.2 Å². The van der Waals surface area contributed by atoms with Gasteiger partial charge in [-0.3, -0.25) is 10.1 Å². The van der Waals surface area contributed by atoms with Crippen molar-refractivity contribution in [1.82, 2.24) is 4.98 Å². The van der Waals surface area contributed by atoms with E-state index in [1.54, 1.807) is 19.1 Å². The lowest BCUT2D eigenvalue weighted by Crippen LogP contribution is -1.93. The number of nitro groups is 1. The molecule has 1 aromatic heterocycles. The first-order valence-corrected chi connectivity index (χ1v) is 6.49. The summed E-state index contributed by atoms with van der Waals surface area (Å²) in [5.74, 6) is 0.593. The highest BCUT2D eigenvalue weighted by Crippen LogP contribution is 2.30. The van der Waals surface area contributed by atoms with Crippen LogP contribution >= 0.6 is 11.6 Å². The van der Waals surface area contributed by atoms with Crippen LogP contribution in [0.25, 0.3) is 11.1 Å². The SMILES string of the molecule is Cc1nc2cc(Nc3ccc([N+](=O)[O-])cc3Cl)ccc2o1. The van der Waals surface area contributed by atoms with E-state index in [-0.39, 0.29) is 10.7 Å². The molecule has 0 radical (unpaired) electrons. The number of hydrogen-bond donors (Lipinski definition) is 1. The van der Waals surface area contributed by atoms with E-state index in [9.17, 15) is 10.1 Å². The molecule has 0 atom stereocenters. The number of rotatable bonds is 3. The molecule has 7 heteroatoms. The molecule has 0 aliphatic rings. The van der Waals surface area contributed by atoms with Crippen LogP contribution in [0.3, 0.4) is 0 Å². The van der Waals surface area contributed by atoms with Gasteiger partial charge in [0.15, 0.2) is 11.5 Å². The molecule has 2 aromatic carbocycles. The maximum Gasteiger partial charge on any atom is 0.271 e. The van der Waals surface area contributed by atoms with Crippen molar-refractivity contribution in [3.05, 3.63) is 57.4 Å². The van der Waals surface area contributed by atoms with E-state index in [1.165, 1.54) is 12.1 Å². The first-order chi connectivity index (χ1) is 10.0. The number of anilines is 2. The summed E-state index contributed by atoms with van der Waals surface area (Å²) in [5, 5.41) is 14.1. The molecule has 0 saturated heterocycles. The number of nitrogens with one attached hydrogen (secondary N) is 1. The summed E-state index contributed by atoms with van der Waals surface area (Å²) in [6, 6.07) is 9.72. The Morgan fingerprint density at radius 2 is 2.10 bits per heavy atom. The number of halogens is 1. The second kappa shape index (κ2) is 5.06. The lowest BCUT2D eigenvalue weighted by atomic mass is 10.2. The fraction of sp³-hybridized carbons (Fsp3) is 0.0714. The van der Waals surface area contributed by atoms with Crippen molar-refractivity contribution in [2.24, 2.45) is 0 Å². The number of benzene rings is 2. The Morgan fingerprint density at radius 3 is 2.81 bits per heavy atom. The Balaban J connectivity index is 1.92. The molecule has 0 amide bonds. The third-order valence-electron chi connectivity index (χ3n) is 2.94. The highest BCUT2D eigenvalue weighted by molar-refractivity contribution is 6.33. The van der Waals surface area contributed by atoms with Crippen LogP contribution in [-0.2, 0) is 0 Å². The molecule has 0 bridgehead atoms. The molecule has 0 aliphatic heterocycles. The van der Waals surface area contributed by atoms with E-state index in [4.69, 9.17) is 16.0 Å². The molecule has 6 nitrogen and oxygen atoms in total. The normalized spacial score (nSPS) is 10.8. The van der Waals surface area contributed by atoms with Crippen molar-refractivity contribution in [2.75, 3.05) is 5.32 Å². The second-order valence-corrected chi connectivity index (χ2v) is 4.87. The summed E-state index contributed by atoms with van der Waals surface area (Å²) in [7, 11) is 0. The van der Waals surface area contributed by atoms with Gasteiger partial charge in [-0.05, 0) is 24.3 Å². The molecule has 0 spiro atoms. The van der Waals surface area contributed by atoms with E-state index < -0.39 is 4.92 Å². The largest absolute Gasteiger partial charge is 0.441 e. The van der Waals surface area contributed by atoms with E-state index in [2.05, 4.69) is 10.3 Å². The number of fused-ring (bicyclic) bond motifs is 1. The minimum Gasteiger partial charge on any atom is -0.441 e. The molecule has 0 fully saturated rings. The minimum atomic E-state index is -0.486. The van der Waals surface area contributed by atoms with Crippen LogP contribution in [0.5, 0.6) is 0 Å². The van der Waals surface area contributed by atoms with Gasteiger partial charge < -0.3 is 9.73 Å². The van der Waals surface area contributed by atoms with Gasteiger partial charge in [-0.25, -0.2) is 4.98 Å². The van der Waals surface area contributed by atoms with Gasteiger partial charge >= 0.3 is 0 Å². The maximum absolute atomic E-state index is 10.7. The Labute approximate surface area is 124 Å². The zero-order chi connectivity index (χ0) is 15.0. The number of nitrogens with zero attached hydrogens (tertiary/aromatic N) is 2. The first-order valence-electron chi connectivity index (χ1n) is 6.11. The molecular formula is C14H10ClN3O3. The van der Waals surface area contributed by atoms with Crippen LogP contribution in [0.2, 0.25) is 5.02 Å². The predicted octanol–water partition coefficient (Wildman–Crippen LogP) is 4.44. The number of nitro benzene ring substituents is 1. The predicted molar refractivity (Wildman–Crippen MR) is 80.1 cm³/mol. The lowest BCUT2D eigenvalue weighted by molar-refractivity contribution is -0.384. The molecule has 0 aliphatic carbocycles. The first kappa shape index (κ1) is 13.4. The van der Waals surface area contributed by atoms with Crippen LogP contribution in [-0.4, -0.2) is 9.91 Å². The van der Waals surface area contributed by atoms with E-state index in [0.29, 0.717) is 17.2 Å². The van der Waals surface area contributed by atoms with Gasteiger partial charge in [-0.2, -0.15) is 0 Å². The van der Waals surface area contributed by atoms with Crippen molar-refractivity contribution < 1.29 is 9.34 Å². The maximum atomic E-state index is 10.7. The highest BCUT2D eigenvalue weighted by atomic mass is 35.5. The molecular weight excluding hydrogens is 294 g/mol. The van der Waals surface area contributed by atoms with Crippen LogP contribution in [0.15, 0.2) is 40.8 Å². The van der Waals surface area contributed by atoms with Crippen LogP contribution < -0.4 is 5.32 Å². The minimum absolute atomic E-state index is 0.0480. The second-order valence-electron chi connectivity index (χ2n) is 4.46. The molecule has 1 N–H and O–H groups in total. The number of hydrogen-bond acceptors (Lipinski definition) is 5. The van der Waals surface area contributed by atoms with Gasteiger partial charge in [0.1, 0.15) is 5.52 Å². The van der Waals surface area contributed by atoms with Gasteiger partial charge in [-0.15, -0.1) is 0 Å². The average Bonchev–Trinajstić information content (AvgIpc) is 2.80. The number of aryl methyl sites for hydroxylation is 1. The molecule has 106 valence electrons. The fourth-order valence-corrected chi connectivity index (χ4v) is 2.22. The van der Waals surface area contributed by atoms with E-state index >= 15 is 0 Å². The summed E-state index contributed by atoms with van der Waals surface area (Å²) in [6.07, 6.45) is 0. The van der Waals surface area contributed by atoms with Gasteiger partial charge in [0.2, 0.25) is 0 Å². The third-order valence-corrected chi connectivity index (χ3v) is 3.25. The van der Waals surface area contributed by atoms with Crippen molar-refractivity contribution >= 4 is 39.8 Å². The topological polar surface area (TPSA) is 81.2 Å². The molecule has 3 aromatic rings. The summed E-state index contributed by atoms with van der Waals surface area (Å²) < 4.78 is 5.40. The Morgan fingerprint density at radius 1 is 1.29 bits per heavy atom. The summed E-state index contributed by atoms with van der Waals surface area (Å²) in [5.41, 5.74) is 2.74. The molecule has 3 rings (SSSR count). The van der Waals surface area contributed by atoms with Crippen LogP contribution in [0.1, 0.15) is 5.89 Å². The lowest BCUT2D eigenvalue weighted by Gasteiger charge is -2.07. The Bertz CT molecular complexity index is 845. The van der Waals surface area contributed by atoms with Gasteiger partial charge in [-0.1, -0.05) is 11.6 Å². The Hall–Kier alpha value is -2.60. The summed E-state index contributed by atoms with van der Waals surface area (Å²) >= 11 is 6.04. The van der Waals surface area contributed by atoms with Crippen molar-refractivity contribution in [1.29, 1.82) is 0 Å². The van der Waals surface area contributed by atoms with Crippen molar-refractivity contribution in [3.63, 3.8) is 0 Å². The molecule has 0 unspecified atom stereocenters. The zero-order valence-corrected chi connectivity index (χ0v) is 11.7. The molecule has 1 heterocycles. The molecule has 0 saturated carbocycles. The average molecular weight is 304 g/mol. The summed E-state index contributed by atoms with van der Waals surface area (Å²) in [4.78, 5) is 14.4. The smallest absolute Gasteiger partial charge is 0.271 e. The third kappa shape index (κ3) is 2.66. The van der Waals surface area contributed by atoms with Gasteiger partial charge in [0, 0.05) is 24.7 Å². The van der Waals surface area contributed by atoms with Crippen molar-refractivity contribution in [2.45, 2.75) is 6.92 Å². The van der Waals surface area contributed by atoms with E-state index in [1.807, 2.05) is 12.1 Å². The summed E-state index contributed by atoms with van der Waals surface area (Å²) in [6.45, 7) is 1.78. The standard InChI is InChI=1S/C14H10ClN3O3/c1-8-16-13-6-9(2-5-14(13)21-8)17-12-4-3-10(18(19)20)7-11(12)15/h2-7,17H,1H3. The van der Waals surface area contributed by atoms with Crippen LogP contribution in [0, 0.1) is 17.0 Å². The van der Waals surface area contributed by atoms with Gasteiger partial charge in [0.25, 0.3) is 5.69 Å². The number of aromatic nitrogens is 1. The Kier molecular flexibility index (Phi) is 3.23. The monoisotopic (exact) mass is 303 g/mol. The quantitative estimate of drug-likeness (QED) is 0.571. The fourth-order valence-electron chi connectivity index (χ4n) is 1.99. The molecule has 21 heavy (non-hydrogen) atoms. The van der Waals surface area contributed by atoms with Gasteiger partial charge in [0.05, 0.1) is 15.6 Å². The van der Waals surface area contributed by atoms with Crippen LogP contribution in [0.4, 0.5) is 17.1 Å². The number of non-ortho nitro benzene ring substituents is 1.